The Morgan fingerprint density at radius 3 is 2.50 bits per heavy atom. The van der Waals surface area contributed by atoms with Crippen LogP contribution in [0, 0.1) is 46.3 Å². The highest BCUT2D eigenvalue weighted by Crippen LogP contribution is 2.68. The van der Waals surface area contributed by atoms with Gasteiger partial charge in [0, 0.05) is 45.8 Å². The molecule has 0 bridgehead atoms. The molecule has 1 N–H and O–H groups in total. The highest BCUT2D eigenvalue weighted by atomic mass is 16.3. The van der Waals surface area contributed by atoms with E-state index in [1.165, 1.54) is 44.9 Å². The van der Waals surface area contributed by atoms with Gasteiger partial charge in [-0.15, -0.1) is 0 Å². The molecule has 38 heavy (non-hydrogen) atoms. The molecule has 5 fully saturated rings. The third-order valence-electron chi connectivity index (χ3n) is 12.9. The van der Waals surface area contributed by atoms with Crippen molar-refractivity contribution in [2.75, 3.05) is 31.1 Å². The Morgan fingerprint density at radius 1 is 1.03 bits per heavy atom. The van der Waals surface area contributed by atoms with Crippen LogP contribution in [0.5, 0.6) is 0 Å². The number of carbonyl (C=O) groups excluding carboxylic acids is 1. The van der Waals surface area contributed by atoms with Crippen LogP contribution < -0.4 is 4.90 Å². The molecule has 6 nitrogen and oxygen atoms in total. The Hall–Kier alpha value is -1.56. The van der Waals surface area contributed by atoms with Gasteiger partial charge in [-0.25, -0.2) is 0 Å². The van der Waals surface area contributed by atoms with Gasteiger partial charge < -0.3 is 14.9 Å². The fourth-order valence-corrected chi connectivity index (χ4v) is 10.7. The normalized spacial score (nSPS) is 41.8. The van der Waals surface area contributed by atoms with E-state index in [1.807, 2.05) is 17.9 Å². The van der Waals surface area contributed by atoms with Gasteiger partial charge in [-0.05, 0) is 111 Å². The fraction of sp³-hybridized carbons (Fsp3) is 0.875. The predicted octanol–water partition coefficient (Wildman–Crippen LogP) is 5.50. The Bertz CT molecular complexity index is 1000. The van der Waals surface area contributed by atoms with Crippen LogP contribution in [-0.4, -0.2) is 58.0 Å². The molecule has 4 aliphatic carbocycles. The van der Waals surface area contributed by atoms with Crippen molar-refractivity contribution in [1.82, 2.24) is 14.7 Å². The largest absolute Gasteiger partial charge is 0.393 e. The van der Waals surface area contributed by atoms with Gasteiger partial charge >= 0.3 is 0 Å². The maximum absolute atomic E-state index is 13.2. The Balaban J connectivity index is 1.03. The number of aromatic nitrogens is 2. The van der Waals surface area contributed by atoms with Crippen LogP contribution in [0.15, 0.2) is 12.4 Å². The number of aliphatic hydroxyl groups excluding tert-OH is 1. The summed E-state index contributed by atoms with van der Waals surface area (Å²) in [5, 5.41) is 14.6. The average molecular weight is 525 g/mol. The molecule has 1 amide bonds. The van der Waals surface area contributed by atoms with Crippen molar-refractivity contribution < 1.29 is 9.90 Å². The molecular weight excluding hydrogens is 472 g/mol. The van der Waals surface area contributed by atoms with Crippen molar-refractivity contribution in [1.29, 1.82) is 0 Å². The van der Waals surface area contributed by atoms with E-state index in [1.54, 1.807) is 0 Å². The third-order valence-corrected chi connectivity index (χ3v) is 12.9. The number of carbonyl (C=O) groups is 1. The average Bonchev–Trinajstić information content (AvgIpc) is 3.50. The number of aliphatic hydroxyl groups is 1. The SMILES string of the molecule is C[C@H](CCC(=O)N1CCN(c2cnn(C)c2)CC1)[C@H]1CC[C@H]2[C@@H]3CC[C@H]4C[C@@H](O)CC[C@]4(C)[C@H]3CC[C@]12C. The summed E-state index contributed by atoms with van der Waals surface area (Å²) in [4.78, 5) is 17.6. The minimum absolute atomic E-state index is 0.0528. The van der Waals surface area contributed by atoms with Crippen molar-refractivity contribution in [3.8, 4) is 0 Å². The smallest absolute Gasteiger partial charge is 0.222 e. The number of aryl methyl sites for hydroxylation is 1. The molecule has 6 heteroatoms. The van der Waals surface area contributed by atoms with Gasteiger partial charge in [0.15, 0.2) is 0 Å². The van der Waals surface area contributed by atoms with Gasteiger partial charge in [0.2, 0.25) is 5.91 Å². The number of hydrogen-bond donors (Lipinski definition) is 1. The van der Waals surface area contributed by atoms with Gasteiger partial charge in [-0.3, -0.25) is 9.48 Å². The molecule has 212 valence electrons. The summed E-state index contributed by atoms with van der Waals surface area (Å²) in [7, 11) is 1.95. The first-order valence-electron chi connectivity index (χ1n) is 15.9. The summed E-state index contributed by atoms with van der Waals surface area (Å²) in [5.74, 6) is 5.12. The summed E-state index contributed by atoms with van der Waals surface area (Å²) in [5.41, 5.74) is 2.08. The molecule has 1 aromatic heterocycles. The number of fused-ring (bicyclic) bond motifs is 5. The molecule has 1 aliphatic heterocycles. The zero-order valence-electron chi connectivity index (χ0n) is 24.4. The summed E-state index contributed by atoms with van der Waals surface area (Å²) in [6, 6.07) is 0. The number of piperazine rings is 1. The maximum Gasteiger partial charge on any atom is 0.222 e. The maximum atomic E-state index is 13.2. The van der Waals surface area contributed by atoms with E-state index in [9.17, 15) is 9.90 Å². The van der Waals surface area contributed by atoms with E-state index in [-0.39, 0.29) is 6.10 Å². The molecule has 4 saturated carbocycles. The Kier molecular flexibility index (Phi) is 7.10. The Labute approximate surface area is 230 Å². The molecule has 0 spiro atoms. The fourth-order valence-electron chi connectivity index (χ4n) is 10.7. The minimum Gasteiger partial charge on any atom is -0.393 e. The molecule has 0 radical (unpaired) electrons. The summed E-state index contributed by atoms with van der Waals surface area (Å²) in [6.45, 7) is 11.1. The first kappa shape index (κ1) is 26.7. The lowest BCUT2D eigenvalue weighted by Gasteiger charge is -2.61. The highest BCUT2D eigenvalue weighted by Gasteiger charge is 2.60. The van der Waals surface area contributed by atoms with Crippen molar-refractivity contribution >= 4 is 11.6 Å². The molecule has 1 aromatic rings. The molecule has 5 aliphatic rings. The third kappa shape index (κ3) is 4.51. The predicted molar refractivity (Wildman–Crippen MR) is 152 cm³/mol. The molecule has 2 heterocycles. The van der Waals surface area contributed by atoms with E-state index in [2.05, 4.69) is 41.9 Å². The number of nitrogens with zero attached hydrogens (tertiary/aromatic N) is 4. The second-order valence-corrected chi connectivity index (χ2v) is 14.6. The van der Waals surface area contributed by atoms with Gasteiger partial charge in [0.1, 0.15) is 0 Å². The second kappa shape index (κ2) is 10.1. The van der Waals surface area contributed by atoms with Crippen LogP contribution in [0.1, 0.15) is 91.4 Å². The van der Waals surface area contributed by atoms with E-state index in [0.29, 0.717) is 29.1 Å². The zero-order chi connectivity index (χ0) is 26.7. The number of anilines is 1. The molecule has 1 saturated heterocycles. The van der Waals surface area contributed by atoms with Gasteiger partial charge in [-0.2, -0.15) is 5.10 Å². The van der Waals surface area contributed by atoms with Crippen LogP contribution in [0.2, 0.25) is 0 Å². The van der Waals surface area contributed by atoms with Gasteiger partial charge in [0.05, 0.1) is 18.0 Å². The monoisotopic (exact) mass is 524 g/mol. The van der Waals surface area contributed by atoms with Crippen molar-refractivity contribution in [3.05, 3.63) is 12.4 Å². The van der Waals surface area contributed by atoms with Crippen LogP contribution in [-0.2, 0) is 11.8 Å². The lowest BCUT2D eigenvalue weighted by Crippen LogP contribution is -2.54. The standard InChI is InChI=1S/C32H52N4O2/c1-22(5-10-30(38)36-17-15-35(16-18-36)24-20-33-34(4)21-24)27-8-9-28-26-7-6-23-19-25(37)11-13-31(23,2)29(26)12-14-32(27,28)3/h20-23,25-29,37H,5-19H2,1-4H3/t22-,23+,25+,26+,27-,28+,29+,31+,32-/m1/s1. The Morgan fingerprint density at radius 2 is 1.76 bits per heavy atom. The molecular formula is C32H52N4O2. The van der Waals surface area contributed by atoms with Crippen molar-refractivity contribution in [2.45, 2.75) is 97.5 Å². The molecule has 0 unspecified atom stereocenters. The molecule has 9 atom stereocenters. The van der Waals surface area contributed by atoms with E-state index < -0.39 is 0 Å². The zero-order valence-corrected chi connectivity index (χ0v) is 24.4. The summed E-state index contributed by atoms with van der Waals surface area (Å²) in [6.07, 6.45) is 17.3. The van der Waals surface area contributed by atoms with Gasteiger partial charge in [0.25, 0.3) is 0 Å². The first-order chi connectivity index (χ1) is 18.2. The first-order valence-corrected chi connectivity index (χ1v) is 15.9. The molecule has 6 rings (SSSR count). The lowest BCUT2D eigenvalue weighted by molar-refractivity contribution is -0.133. The molecule has 0 aromatic carbocycles. The number of rotatable bonds is 5. The van der Waals surface area contributed by atoms with Crippen molar-refractivity contribution in [2.24, 2.45) is 53.4 Å². The quantitative estimate of drug-likeness (QED) is 0.552. The van der Waals surface area contributed by atoms with Crippen LogP contribution in [0.4, 0.5) is 5.69 Å². The highest BCUT2D eigenvalue weighted by molar-refractivity contribution is 5.76. The topological polar surface area (TPSA) is 61.6 Å². The van der Waals surface area contributed by atoms with Crippen LogP contribution in [0.25, 0.3) is 0 Å². The summed E-state index contributed by atoms with van der Waals surface area (Å²) >= 11 is 0. The number of hydrogen-bond acceptors (Lipinski definition) is 4. The summed E-state index contributed by atoms with van der Waals surface area (Å²) < 4.78 is 1.85. The number of amides is 1. The second-order valence-electron chi connectivity index (χ2n) is 14.6. The van der Waals surface area contributed by atoms with Crippen LogP contribution >= 0.6 is 0 Å². The lowest BCUT2D eigenvalue weighted by atomic mass is 9.44. The minimum atomic E-state index is -0.0528. The van der Waals surface area contributed by atoms with E-state index in [4.69, 9.17) is 0 Å². The van der Waals surface area contributed by atoms with Crippen LogP contribution in [0.3, 0.4) is 0 Å². The van der Waals surface area contributed by atoms with E-state index in [0.717, 1.165) is 80.7 Å². The van der Waals surface area contributed by atoms with E-state index >= 15 is 0 Å². The van der Waals surface area contributed by atoms with Crippen molar-refractivity contribution in [3.63, 3.8) is 0 Å². The van der Waals surface area contributed by atoms with Gasteiger partial charge in [-0.1, -0.05) is 20.8 Å².